The molecule has 4 aromatic carbocycles. The predicted molar refractivity (Wildman–Crippen MR) is 280 cm³/mol. The van der Waals surface area contributed by atoms with Gasteiger partial charge >= 0.3 is 22.6 Å². The Labute approximate surface area is 414 Å². The maximum Gasteiger partial charge on any atom is 0.343 e. The Kier molecular flexibility index (Phi) is 29.6. The minimum atomic E-state index is -0.461. The van der Waals surface area contributed by atoms with E-state index in [0.29, 0.717) is 60.4 Å². The second-order valence-electron chi connectivity index (χ2n) is 14.3. The Morgan fingerprint density at radius 3 is 1.72 bits per heavy atom. The van der Waals surface area contributed by atoms with E-state index in [4.69, 9.17) is 28.4 Å². The third-order valence-electron chi connectivity index (χ3n) is 9.18. The molecule has 0 atom stereocenters. The molecule has 2 heterocycles. The van der Waals surface area contributed by atoms with E-state index in [2.05, 4.69) is 77.4 Å². The summed E-state index contributed by atoms with van der Waals surface area (Å²) >= 11 is 4.13. The molecule has 6 rings (SSSR count). The number of nitrogens with one attached hydrogen (secondary N) is 1. The van der Waals surface area contributed by atoms with Crippen molar-refractivity contribution in [3.05, 3.63) is 145 Å². The van der Waals surface area contributed by atoms with Crippen LogP contribution < -0.4 is 24.2 Å². The highest BCUT2D eigenvalue weighted by Crippen LogP contribution is 2.26. The van der Waals surface area contributed by atoms with Crippen LogP contribution in [0.25, 0.3) is 16.3 Å². The van der Waals surface area contributed by atoms with Crippen LogP contribution in [0.5, 0.6) is 23.0 Å². The van der Waals surface area contributed by atoms with Gasteiger partial charge in [0.2, 0.25) is 0 Å². The molecular weight excluding hydrogens is 982 g/mol. The number of thiazole rings is 1. The predicted octanol–water partition coefficient (Wildman–Crippen LogP) is 11.9. The minimum Gasteiger partial charge on any atom is -0.497 e. The van der Waals surface area contributed by atoms with Crippen LogP contribution in [0.3, 0.4) is 0 Å². The monoisotopic (exact) mass is 1050 g/mol. The zero-order valence-electron chi connectivity index (χ0n) is 37.9. The van der Waals surface area contributed by atoms with Gasteiger partial charge in [0.05, 0.1) is 54.3 Å². The van der Waals surface area contributed by atoms with Crippen molar-refractivity contribution in [2.75, 3.05) is 40.0 Å². The molecule has 1 fully saturated rings. The lowest BCUT2D eigenvalue weighted by Gasteiger charge is -2.10. The molecule has 15 heteroatoms. The number of ether oxygens (including phenoxy) is 6. The standard InChI is InChI=1S/C25H28O6.C16H20O4.C9H9NS.CH3BIN.CH4/c1-4-19-18-22(28-3)14-15-23(19)31-25(27)20-10-12-21(13-11-20)29-16-8-6-7-9-17-30-24(26)5-2;1-2-16(18)20-12-6-4-3-5-11-19-15-9-7-14(13-17)8-10-15;1-2-9-10-7-5-3-4-6-8(7)11-9;3-2-1-4-2;/h4-5,10-15,18H,1-2,6-9,16-17H2,3H3;2,7-10,13H,1,3-6,11-12H2;3-6H,2H2,1H3;4H,1H2;1H4. The number of nitrogens with zero attached hydrogens (tertiary/aromatic N) is 1. The summed E-state index contributed by atoms with van der Waals surface area (Å²) in [5, 5.41) is 4.31. The van der Waals surface area contributed by atoms with Crippen LogP contribution in [0.2, 0.25) is 0 Å². The first kappa shape index (κ1) is 57.4. The number of rotatable bonds is 24. The molecule has 0 amide bonds. The Morgan fingerprint density at radius 1 is 0.746 bits per heavy atom. The van der Waals surface area contributed by atoms with Gasteiger partial charge in [0, 0.05) is 23.3 Å². The second-order valence-corrected chi connectivity index (χ2v) is 16.9. The SMILES string of the molecule is C.C=CC(=O)OCCCCCCOc1ccc(C(=O)Oc2ccc(OC)cc2C=C)cc1.C=CC(=O)OCCCCCCOc1ccc(C=O)cc1.CCc1nc2ccccc2s1.IB1CN1. The van der Waals surface area contributed by atoms with Gasteiger partial charge in [0.1, 0.15) is 29.3 Å². The second kappa shape index (κ2) is 34.5. The number of aldehydes is 1. The van der Waals surface area contributed by atoms with E-state index in [9.17, 15) is 19.2 Å². The van der Waals surface area contributed by atoms with Crippen molar-refractivity contribution < 1.29 is 47.6 Å². The summed E-state index contributed by atoms with van der Waals surface area (Å²) in [4.78, 5) is 49.1. The molecule has 1 saturated heterocycles. The molecule has 0 radical (unpaired) electrons. The lowest BCUT2D eigenvalue weighted by Crippen LogP contribution is -2.09. The average Bonchev–Trinajstić information content (AvgIpc) is 4.03. The van der Waals surface area contributed by atoms with Gasteiger partial charge in [0.15, 0.2) is 0 Å². The smallest absolute Gasteiger partial charge is 0.343 e. The van der Waals surface area contributed by atoms with Crippen LogP contribution in [-0.4, -0.2) is 73.9 Å². The number of methoxy groups -OCH3 is 1. The summed E-state index contributed by atoms with van der Waals surface area (Å²) in [5.41, 5.74) is 2.87. The zero-order valence-corrected chi connectivity index (χ0v) is 40.9. The summed E-state index contributed by atoms with van der Waals surface area (Å²) in [6.07, 6.45) is 14.5. The van der Waals surface area contributed by atoms with Gasteiger partial charge in [-0.15, -0.1) is 33.7 Å². The number of carbonyl (C=O) groups is 4. The van der Waals surface area contributed by atoms with Crippen molar-refractivity contribution in [1.29, 1.82) is 0 Å². The molecular formula is C52H64BIN2O10S. The van der Waals surface area contributed by atoms with Crippen molar-refractivity contribution in [2.24, 2.45) is 0 Å². The van der Waals surface area contributed by atoms with E-state index in [1.807, 2.05) is 6.07 Å². The van der Waals surface area contributed by atoms with Crippen molar-refractivity contribution in [3.8, 4) is 23.0 Å². The van der Waals surface area contributed by atoms with E-state index in [0.717, 1.165) is 86.1 Å². The Hall–Kier alpha value is -5.78. The lowest BCUT2D eigenvalue weighted by atomic mass is 10.2. The highest BCUT2D eigenvalue weighted by atomic mass is 127. The zero-order chi connectivity index (χ0) is 47.8. The fourth-order valence-electron chi connectivity index (χ4n) is 5.47. The molecule has 1 aliphatic heterocycles. The Bertz CT molecular complexity index is 2210. The van der Waals surface area contributed by atoms with E-state index in [1.54, 1.807) is 91.3 Å². The van der Waals surface area contributed by atoms with Crippen LogP contribution in [0.1, 0.15) is 97.0 Å². The van der Waals surface area contributed by atoms with Gasteiger partial charge in [-0.2, -0.15) is 0 Å². The van der Waals surface area contributed by atoms with E-state index in [1.165, 1.54) is 22.2 Å². The molecule has 0 spiro atoms. The summed E-state index contributed by atoms with van der Waals surface area (Å²) in [5.74, 6) is 1.32. The normalized spacial score (nSPS) is 10.6. The van der Waals surface area contributed by atoms with Crippen LogP contribution >= 0.6 is 33.7 Å². The Balaban J connectivity index is 0.000000361. The Morgan fingerprint density at radius 2 is 1.25 bits per heavy atom. The van der Waals surface area contributed by atoms with E-state index < -0.39 is 5.97 Å². The maximum atomic E-state index is 12.4. The van der Waals surface area contributed by atoms with E-state index >= 15 is 0 Å². The number of aryl methyl sites for hydroxylation is 1. The molecule has 1 N–H and O–H groups in total. The number of hydrogen-bond donors (Lipinski definition) is 1. The van der Waals surface area contributed by atoms with Gasteiger partial charge in [-0.1, -0.05) is 52.3 Å². The average molecular weight is 1050 g/mol. The molecule has 0 aliphatic carbocycles. The summed E-state index contributed by atoms with van der Waals surface area (Å²) < 4.78 is 33.8. The highest BCUT2D eigenvalue weighted by Gasteiger charge is 2.20. The van der Waals surface area contributed by atoms with E-state index in [-0.39, 0.29) is 19.4 Å². The maximum absolute atomic E-state index is 12.4. The first-order valence-corrected chi connectivity index (χ1v) is 23.9. The third-order valence-corrected chi connectivity index (χ3v) is 11.2. The van der Waals surface area contributed by atoms with Gasteiger partial charge < -0.3 is 33.6 Å². The minimum absolute atomic E-state index is 0. The first-order chi connectivity index (χ1) is 32.1. The van der Waals surface area contributed by atoms with Crippen LogP contribution in [0.4, 0.5) is 0 Å². The third kappa shape index (κ3) is 24.5. The molecule has 12 nitrogen and oxygen atoms in total. The topological polar surface area (TPSA) is 158 Å². The van der Waals surface area contributed by atoms with Crippen molar-refractivity contribution in [2.45, 2.75) is 72.1 Å². The number of hydrogen-bond acceptors (Lipinski definition) is 13. The summed E-state index contributed by atoms with van der Waals surface area (Å²) in [6.45, 7) is 14.6. The molecule has 0 bridgehead atoms. The number of aromatic nitrogens is 1. The van der Waals surface area contributed by atoms with Gasteiger partial charge in [-0.3, -0.25) is 4.79 Å². The number of halogens is 1. The summed E-state index contributed by atoms with van der Waals surface area (Å²) in [7, 11) is 1.57. The van der Waals surface area contributed by atoms with Crippen molar-refractivity contribution in [1.82, 2.24) is 10.2 Å². The molecule has 0 saturated carbocycles. The highest BCUT2D eigenvalue weighted by molar-refractivity contribution is 14.1. The number of esters is 3. The molecule has 0 unspecified atom stereocenters. The van der Waals surface area contributed by atoms with Crippen molar-refractivity contribution >= 4 is 78.9 Å². The van der Waals surface area contributed by atoms with Crippen molar-refractivity contribution in [3.63, 3.8) is 0 Å². The molecule has 358 valence electrons. The summed E-state index contributed by atoms with van der Waals surface area (Å²) in [6, 6.07) is 27.3. The number of unbranched alkanes of at least 4 members (excludes halogenated alkanes) is 6. The van der Waals surface area contributed by atoms with Crippen LogP contribution in [0.15, 0.2) is 123 Å². The number of benzene rings is 4. The van der Waals surface area contributed by atoms with Gasteiger partial charge in [-0.05, 0) is 143 Å². The fourth-order valence-corrected chi connectivity index (χ4v) is 6.63. The van der Waals surface area contributed by atoms with Gasteiger partial charge in [0.25, 0.3) is 0 Å². The molecule has 1 aromatic heterocycles. The number of carbonyl (C=O) groups excluding carboxylic acids is 4. The fraction of sp³-hybridized carbons (Fsp3) is 0.327. The van der Waals surface area contributed by atoms with Gasteiger partial charge in [-0.25, -0.2) is 19.4 Å². The number of fused-ring (bicyclic) bond motifs is 1. The number of para-hydroxylation sites is 1. The van der Waals surface area contributed by atoms with Crippen LogP contribution in [-0.2, 0) is 25.5 Å². The largest absolute Gasteiger partial charge is 0.497 e. The molecule has 5 aromatic rings. The quantitative estimate of drug-likeness (QED) is 0.00912. The van der Waals surface area contributed by atoms with Crippen LogP contribution in [0, 0.1) is 0 Å². The first-order valence-electron chi connectivity index (χ1n) is 21.9. The molecule has 1 aliphatic rings. The molecule has 67 heavy (non-hydrogen) atoms. The lowest BCUT2D eigenvalue weighted by molar-refractivity contribution is -0.138.